The summed E-state index contributed by atoms with van der Waals surface area (Å²) in [4.78, 5) is 11.3. The molecule has 4 aromatic rings. The minimum atomic E-state index is 0.149. The van der Waals surface area contributed by atoms with Crippen LogP contribution in [0.15, 0.2) is 61.2 Å². The van der Waals surface area contributed by atoms with Gasteiger partial charge in [-0.15, -0.1) is 0 Å². The molecule has 10 heteroatoms. The maximum absolute atomic E-state index is 8.60. The molecule has 0 atom stereocenters. The quantitative estimate of drug-likeness (QED) is 0.351. The van der Waals surface area contributed by atoms with Crippen LogP contribution in [0.4, 0.5) is 5.69 Å². The van der Waals surface area contributed by atoms with Crippen LogP contribution in [-0.2, 0) is 18.2 Å². The number of ether oxygens (including phenoxy) is 1. The van der Waals surface area contributed by atoms with E-state index >= 15 is 0 Å². The maximum atomic E-state index is 8.60. The third-order valence-electron chi connectivity index (χ3n) is 5.66. The summed E-state index contributed by atoms with van der Waals surface area (Å²) in [6.07, 6.45) is 7.58. The number of hydrogen-bond acceptors (Lipinski definition) is 8. The monoisotopic (exact) mass is 455 g/mol. The third-order valence-corrected chi connectivity index (χ3v) is 5.66. The number of aromatic nitrogens is 6. The summed E-state index contributed by atoms with van der Waals surface area (Å²) in [6, 6.07) is 11.2. The van der Waals surface area contributed by atoms with Crippen LogP contribution in [-0.4, -0.2) is 61.7 Å². The Morgan fingerprint density at radius 1 is 1.03 bits per heavy atom. The summed E-state index contributed by atoms with van der Waals surface area (Å²) >= 11 is 0. The van der Waals surface area contributed by atoms with Gasteiger partial charge in [0.15, 0.2) is 5.82 Å². The fourth-order valence-corrected chi connectivity index (χ4v) is 3.88. The van der Waals surface area contributed by atoms with Gasteiger partial charge in [0.05, 0.1) is 43.2 Å². The lowest BCUT2D eigenvalue weighted by atomic mass is 10.1. The Hall–Kier alpha value is -4.18. The van der Waals surface area contributed by atoms with Crippen molar-refractivity contribution >= 4 is 11.5 Å². The molecule has 172 valence electrons. The number of nitrogens with zero attached hydrogens (tertiary/aromatic N) is 7. The van der Waals surface area contributed by atoms with E-state index in [9.17, 15) is 0 Å². The van der Waals surface area contributed by atoms with Crippen molar-refractivity contribution in [3.05, 3.63) is 72.2 Å². The number of aryl methyl sites for hydroxylation is 1. The molecular weight excluding hydrogens is 430 g/mol. The first-order valence-electron chi connectivity index (χ1n) is 11.0. The summed E-state index contributed by atoms with van der Waals surface area (Å²) < 4.78 is 8.45. The SMILES string of the molecule is Cn1cc(-c2ccc(=N)n(C(=N)Cc3cccc(-c4ncc(N5CCOCC5)cn4)c3)n2)cn1. The van der Waals surface area contributed by atoms with Gasteiger partial charge in [-0.3, -0.25) is 15.5 Å². The molecule has 0 saturated carbocycles. The molecule has 1 saturated heterocycles. The molecule has 0 unspecified atom stereocenters. The smallest absolute Gasteiger partial charge is 0.159 e. The first kappa shape index (κ1) is 21.7. The van der Waals surface area contributed by atoms with Crippen molar-refractivity contribution in [1.29, 1.82) is 10.8 Å². The Balaban J connectivity index is 1.34. The zero-order valence-corrected chi connectivity index (χ0v) is 18.8. The molecule has 1 aliphatic heterocycles. The van der Waals surface area contributed by atoms with Gasteiger partial charge < -0.3 is 9.64 Å². The molecule has 0 bridgehead atoms. The first-order valence-corrected chi connectivity index (χ1v) is 11.0. The van der Waals surface area contributed by atoms with E-state index in [-0.39, 0.29) is 11.3 Å². The molecule has 3 aromatic heterocycles. The third kappa shape index (κ3) is 4.62. The Bertz CT molecular complexity index is 1370. The Kier molecular flexibility index (Phi) is 5.96. The standard InChI is InChI=1S/C24H25N9O/c1-31-16-19(13-29-31)21-5-6-22(25)33(30-21)23(26)12-17-3-2-4-18(11-17)24-27-14-20(15-28-24)32-7-9-34-10-8-32/h2-6,11,13-16,25-26H,7-10,12H2,1H3. The van der Waals surface area contributed by atoms with Crippen molar-refractivity contribution in [1.82, 2.24) is 29.5 Å². The van der Waals surface area contributed by atoms with E-state index in [1.807, 2.05) is 49.9 Å². The molecule has 1 fully saturated rings. The molecule has 2 N–H and O–H groups in total. The number of hydrogen-bond donors (Lipinski definition) is 2. The van der Waals surface area contributed by atoms with E-state index in [1.54, 1.807) is 23.0 Å². The molecule has 4 heterocycles. The van der Waals surface area contributed by atoms with Crippen molar-refractivity contribution < 1.29 is 4.74 Å². The number of benzene rings is 1. The van der Waals surface area contributed by atoms with Crippen molar-refractivity contribution in [2.24, 2.45) is 7.05 Å². The fourth-order valence-electron chi connectivity index (χ4n) is 3.88. The van der Waals surface area contributed by atoms with E-state index in [0.29, 0.717) is 31.2 Å². The summed E-state index contributed by atoms with van der Waals surface area (Å²) in [5.41, 5.74) is 4.44. The minimum absolute atomic E-state index is 0.149. The van der Waals surface area contributed by atoms with Crippen molar-refractivity contribution in [3.8, 4) is 22.6 Å². The number of rotatable bonds is 5. The predicted octanol–water partition coefficient (Wildman–Crippen LogP) is 2.12. The van der Waals surface area contributed by atoms with Crippen LogP contribution in [0, 0.1) is 10.8 Å². The highest BCUT2D eigenvalue weighted by molar-refractivity contribution is 5.83. The van der Waals surface area contributed by atoms with Crippen LogP contribution >= 0.6 is 0 Å². The van der Waals surface area contributed by atoms with Crippen LogP contribution < -0.4 is 10.4 Å². The summed E-state index contributed by atoms with van der Waals surface area (Å²) in [5, 5.41) is 25.5. The molecule has 0 spiro atoms. The van der Waals surface area contributed by atoms with E-state index in [1.165, 1.54) is 4.68 Å². The second-order valence-corrected chi connectivity index (χ2v) is 8.11. The lowest BCUT2D eigenvalue weighted by Gasteiger charge is -2.28. The lowest BCUT2D eigenvalue weighted by Crippen LogP contribution is -2.36. The molecule has 0 aliphatic carbocycles. The van der Waals surface area contributed by atoms with Gasteiger partial charge in [0.2, 0.25) is 0 Å². The van der Waals surface area contributed by atoms with Gasteiger partial charge in [-0.1, -0.05) is 18.2 Å². The van der Waals surface area contributed by atoms with E-state index in [2.05, 4.69) is 25.1 Å². The molecule has 1 aliphatic rings. The Labute approximate surface area is 196 Å². The van der Waals surface area contributed by atoms with Gasteiger partial charge >= 0.3 is 0 Å². The van der Waals surface area contributed by atoms with Crippen LogP contribution in [0.3, 0.4) is 0 Å². The van der Waals surface area contributed by atoms with E-state index < -0.39 is 0 Å². The second-order valence-electron chi connectivity index (χ2n) is 8.11. The predicted molar refractivity (Wildman–Crippen MR) is 128 cm³/mol. The zero-order chi connectivity index (χ0) is 23.5. The minimum Gasteiger partial charge on any atom is -0.378 e. The van der Waals surface area contributed by atoms with Crippen LogP contribution in [0.1, 0.15) is 5.56 Å². The number of morpholine rings is 1. The highest BCUT2D eigenvalue weighted by Crippen LogP contribution is 2.20. The lowest BCUT2D eigenvalue weighted by molar-refractivity contribution is 0.122. The van der Waals surface area contributed by atoms with Gasteiger partial charge in [0, 0.05) is 43.9 Å². The normalized spacial score (nSPS) is 13.7. The molecule has 34 heavy (non-hydrogen) atoms. The maximum Gasteiger partial charge on any atom is 0.159 e. The Morgan fingerprint density at radius 3 is 2.56 bits per heavy atom. The van der Waals surface area contributed by atoms with E-state index in [0.717, 1.165) is 35.5 Å². The van der Waals surface area contributed by atoms with E-state index in [4.69, 9.17) is 15.6 Å². The highest BCUT2D eigenvalue weighted by atomic mass is 16.5. The van der Waals surface area contributed by atoms with Crippen molar-refractivity contribution in [2.45, 2.75) is 6.42 Å². The first-order chi connectivity index (χ1) is 16.6. The molecule has 5 rings (SSSR count). The van der Waals surface area contributed by atoms with Crippen molar-refractivity contribution in [3.63, 3.8) is 0 Å². The van der Waals surface area contributed by atoms with Gasteiger partial charge in [-0.05, 0) is 23.8 Å². The Morgan fingerprint density at radius 2 is 1.82 bits per heavy atom. The van der Waals surface area contributed by atoms with Gasteiger partial charge in [0.1, 0.15) is 11.3 Å². The van der Waals surface area contributed by atoms with Crippen LogP contribution in [0.2, 0.25) is 0 Å². The van der Waals surface area contributed by atoms with Crippen LogP contribution in [0.25, 0.3) is 22.6 Å². The largest absolute Gasteiger partial charge is 0.378 e. The molecule has 1 aromatic carbocycles. The molecule has 10 nitrogen and oxygen atoms in total. The zero-order valence-electron chi connectivity index (χ0n) is 18.8. The highest BCUT2D eigenvalue weighted by Gasteiger charge is 2.13. The van der Waals surface area contributed by atoms with Gasteiger partial charge in [-0.2, -0.15) is 10.2 Å². The van der Waals surface area contributed by atoms with Gasteiger partial charge in [-0.25, -0.2) is 14.6 Å². The van der Waals surface area contributed by atoms with Crippen molar-refractivity contribution in [2.75, 3.05) is 31.2 Å². The fraction of sp³-hybridized carbons (Fsp3) is 0.250. The molecule has 0 amide bonds. The topological polar surface area (TPSA) is 122 Å². The second kappa shape index (κ2) is 9.36. The summed E-state index contributed by atoms with van der Waals surface area (Å²) in [7, 11) is 1.84. The molecular formula is C24H25N9O. The number of anilines is 1. The molecule has 0 radical (unpaired) electrons. The average Bonchev–Trinajstić information content (AvgIpc) is 3.31. The summed E-state index contributed by atoms with van der Waals surface area (Å²) in [5.74, 6) is 0.840. The van der Waals surface area contributed by atoms with Gasteiger partial charge in [0.25, 0.3) is 0 Å². The number of nitrogens with one attached hydrogen (secondary N) is 2. The average molecular weight is 456 g/mol. The summed E-state index contributed by atoms with van der Waals surface area (Å²) in [6.45, 7) is 3.11. The van der Waals surface area contributed by atoms with Crippen LogP contribution in [0.5, 0.6) is 0 Å².